The second-order valence-corrected chi connectivity index (χ2v) is 8.27. The molecule has 0 bridgehead atoms. The first-order chi connectivity index (χ1) is 12.3. The van der Waals surface area contributed by atoms with Crippen molar-refractivity contribution in [2.24, 2.45) is 5.92 Å². The van der Waals surface area contributed by atoms with Crippen LogP contribution in [0.1, 0.15) is 33.5 Å². The summed E-state index contributed by atoms with van der Waals surface area (Å²) in [7, 11) is 0. The van der Waals surface area contributed by atoms with E-state index in [1.165, 1.54) is 21.8 Å². The molecule has 0 saturated carbocycles. The van der Waals surface area contributed by atoms with Gasteiger partial charge < -0.3 is 10.1 Å². The summed E-state index contributed by atoms with van der Waals surface area (Å²) in [6.45, 7) is 1.62. The molecule has 0 radical (unpaired) electrons. The molecule has 26 heavy (non-hydrogen) atoms. The molecule has 1 unspecified atom stereocenters. The van der Waals surface area contributed by atoms with E-state index < -0.39 is 30.1 Å². The molecule has 1 heterocycles. The number of hydrogen-bond donors (Lipinski definition) is 1. The number of halogens is 3. The quantitative estimate of drug-likeness (QED) is 0.696. The van der Waals surface area contributed by atoms with E-state index in [0.717, 1.165) is 25.3 Å². The molecule has 0 fully saturated rings. The number of thiophene rings is 1. The molecule has 1 N–H and O–H groups in total. The first-order valence-electron chi connectivity index (χ1n) is 8.06. The lowest BCUT2D eigenvalue weighted by Crippen LogP contribution is -2.21. The van der Waals surface area contributed by atoms with Crippen LogP contribution in [0.3, 0.4) is 0 Å². The number of nitrogens with one attached hydrogen (secondary N) is 1. The van der Waals surface area contributed by atoms with Gasteiger partial charge in [-0.3, -0.25) is 4.79 Å². The minimum atomic E-state index is -0.920. The maximum Gasteiger partial charge on any atom is 0.348 e. The van der Waals surface area contributed by atoms with Gasteiger partial charge in [-0.05, 0) is 58.8 Å². The number of hydrogen-bond acceptors (Lipinski definition) is 4. The Morgan fingerprint density at radius 1 is 1.35 bits per heavy atom. The number of rotatable bonds is 4. The molecule has 1 aromatic heterocycles. The fraction of sp³-hybridized carbons (Fsp3) is 0.333. The summed E-state index contributed by atoms with van der Waals surface area (Å²) in [5, 5.41) is 2.27. The fourth-order valence-electron chi connectivity index (χ4n) is 2.85. The van der Waals surface area contributed by atoms with Crippen LogP contribution in [0.5, 0.6) is 0 Å². The Morgan fingerprint density at radius 3 is 2.85 bits per heavy atom. The van der Waals surface area contributed by atoms with Crippen LogP contribution in [-0.2, 0) is 22.4 Å². The fourth-order valence-corrected chi connectivity index (χ4v) is 4.46. The molecule has 1 aromatic carbocycles. The van der Waals surface area contributed by atoms with Crippen molar-refractivity contribution in [1.29, 1.82) is 0 Å². The van der Waals surface area contributed by atoms with E-state index in [-0.39, 0.29) is 10.2 Å². The summed E-state index contributed by atoms with van der Waals surface area (Å²) < 4.78 is 31.8. The molecule has 3 rings (SSSR count). The second-order valence-electron chi connectivity index (χ2n) is 6.28. The van der Waals surface area contributed by atoms with Gasteiger partial charge in [-0.25, -0.2) is 13.6 Å². The molecule has 2 aromatic rings. The van der Waals surface area contributed by atoms with Crippen LogP contribution >= 0.6 is 27.3 Å². The highest BCUT2D eigenvalue weighted by Gasteiger charge is 2.22. The maximum absolute atomic E-state index is 13.7. The van der Waals surface area contributed by atoms with Gasteiger partial charge in [-0.15, -0.1) is 11.3 Å². The van der Waals surface area contributed by atoms with Crippen LogP contribution in [0.25, 0.3) is 0 Å². The van der Waals surface area contributed by atoms with Crippen LogP contribution in [0.4, 0.5) is 14.5 Å². The zero-order valence-electron chi connectivity index (χ0n) is 13.9. The summed E-state index contributed by atoms with van der Waals surface area (Å²) in [5.41, 5.74) is 0.968. The van der Waals surface area contributed by atoms with Gasteiger partial charge >= 0.3 is 5.97 Å². The average molecular weight is 444 g/mol. The van der Waals surface area contributed by atoms with Crippen molar-refractivity contribution in [1.82, 2.24) is 0 Å². The Kier molecular flexibility index (Phi) is 5.72. The molecule has 4 nitrogen and oxygen atoms in total. The van der Waals surface area contributed by atoms with E-state index in [2.05, 4.69) is 28.2 Å². The monoisotopic (exact) mass is 443 g/mol. The van der Waals surface area contributed by atoms with Crippen molar-refractivity contribution in [3.8, 4) is 0 Å². The lowest BCUT2D eigenvalue weighted by molar-refractivity contribution is -0.119. The summed E-state index contributed by atoms with van der Waals surface area (Å²) in [6.07, 6.45) is 2.99. The van der Waals surface area contributed by atoms with Gasteiger partial charge in [0.1, 0.15) is 10.7 Å². The van der Waals surface area contributed by atoms with E-state index in [1.807, 2.05) is 6.07 Å². The van der Waals surface area contributed by atoms with E-state index in [1.54, 1.807) is 0 Å². The van der Waals surface area contributed by atoms with Crippen molar-refractivity contribution in [3.63, 3.8) is 0 Å². The number of benzene rings is 1. The molecule has 1 atom stereocenters. The van der Waals surface area contributed by atoms with E-state index in [0.29, 0.717) is 16.9 Å². The molecule has 1 aliphatic rings. The van der Waals surface area contributed by atoms with Gasteiger partial charge in [-0.1, -0.05) is 6.92 Å². The van der Waals surface area contributed by atoms with Crippen molar-refractivity contribution in [2.75, 3.05) is 11.9 Å². The minimum Gasteiger partial charge on any atom is -0.451 e. The number of ether oxygens (including phenoxy) is 1. The Bertz CT molecular complexity index is 845. The van der Waals surface area contributed by atoms with Gasteiger partial charge in [0.05, 0.1) is 5.69 Å². The predicted molar refractivity (Wildman–Crippen MR) is 98.5 cm³/mol. The van der Waals surface area contributed by atoms with E-state index in [9.17, 15) is 18.4 Å². The Hall–Kier alpha value is -1.80. The SMILES string of the molecule is CC1CCc2sc(C(=O)OCC(=O)Nc3c(F)cc(F)cc3Br)cc2C1. The minimum absolute atomic E-state index is 0.0646. The van der Waals surface area contributed by atoms with Crippen LogP contribution < -0.4 is 5.32 Å². The molecule has 0 spiro atoms. The number of fused-ring (bicyclic) bond motifs is 1. The zero-order chi connectivity index (χ0) is 18.8. The summed E-state index contributed by atoms with van der Waals surface area (Å²) in [4.78, 5) is 25.7. The third-order valence-corrected chi connectivity index (χ3v) is 5.98. The van der Waals surface area contributed by atoms with Crippen LogP contribution in [0, 0.1) is 17.6 Å². The third-order valence-electron chi connectivity index (χ3n) is 4.14. The van der Waals surface area contributed by atoms with Gasteiger partial charge in [0.25, 0.3) is 5.91 Å². The highest BCUT2D eigenvalue weighted by atomic mass is 79.9. The number of carbonyl (C=O) groups is 2. The third kappa shape index (κ3) is 4.29. The topological polar surface area (TPSA) is 55.4 Å². The normalized spacial score (nSPS) is 16.1. The van der Waals surface area contributed by atoms with Crippen molar-refractivity contribution < 1.29 is 23.1 Å². The highest BCUT2D eigenvalue weighted by molar-refractivity contribution is 9.10. The molecular weight excluding hydrogens is 428 g/mol. The smallest absolute Gasteiger partial charge is 0.348 e. The molecule has 0 saturated heterocycles. The largest absolute Gasteiger partial charge is 0.451 e. The lowest BCUT2D eigenvalue weighted by atomic mass is 9.90. The number of carbonyl (C=O) groups excluding carboxylic acids is 2. The summed E-state index contributed by atoms with van der Waals surface area (Å²) in [5.74, 6) is -2.38. The number of anilines is 1. The summed E-state index contributed by atoms with van der Waals surface area (Å²) >= 11 is 4.37. The van der Waals surface area contributed by atoms with Crippen molar-refractivity contribution in [2.45, 2.75) is 26.2 Å². The lowest BCUT2D eigenvalue weighted by Gasteiger charge is -2.16. The van der Waals surface area contributed by atoms with Gasteiger partial charge in [0.2, 0.25) is 0 Å². The van der Waals surface area contributed by atoms with Crippen molar-refractivity contribution in [3.05, 3.63) is 49.6 Å². The molecule has 1 aliphatic carbocycles. The highest BCUT2D eigenvalue weighted by Crippen LogP contribution is 2.32. The first kappa shape index (κ1) is 19.0. The number of amides is 1. The van der Waals surface area contributed by atoms with Gasteiger partial charge in [0, 0.05) is 15.4 Å². The predicted octanol–water partition coefficient (Wildman–Crippen LogP) is 4.71. The zero-order valence-corrected chi connectivity index (χ0v) is 16.3. The summed E-state index contributed by atoms with van der Waals surface area (Å²) in [6, 6.07) is 3.51. The second kappa shape index (κ2) is 7.84. The Labute approximate surface area is 161 Å². The van der Waals surface area contributed by atoms with Gasteiger partial charge in [-0.2, -0.15) is 0 Å². The number of aryl methyl sites for hydroxylation is 1. The molecule has 1 amide bonds. The molecule has 138 valence electrons. The maximum atomic E-state index is 13.7. The number of esters is 1. The van der Waals surface area contributed by atoms with Crippen LogP contribution in [0.15, 0.2) is 22.7 Å². The van der Waals surface area contributed by atoms with Crippen LogP contribution in [0.2, 0.25) is 0 Å². The molecule has 8 heteroatoms. The van der Waals surface area contributed by atoms with Crippen molar-refractivity contribution >= 4 is 44.8 Å². The first-order valence-corrected chi connectivity index (χ1v) is 9.67. The Morgan fingerprint density at radius 2 is 2.12 bits per heavy atom. The molecular formula is C18H16BrF2NO3S. The average Bonchev–Trinajstić information content (AvgIpc) is 2.99. The van der Waals surface area contributed by atoms with Crippen LogP contribution in [-0.4, -0.2) is 18.5 Å². The van der Waals surface area contributed by atoms with E-state index >= 15 is 0 Å². The van der Waals surface area contributed by atoms with E-state index in [4.69, 9.17) is 4.74 Å². The molecule has 0 aliphatic heterocycles. The Balaban J connectivity index is 1.59. The standard InChI is InChI=1S/C18H16BrF2NO3S/c1-9-2-3-14-10(4-9)5-15(26-14)18(24)25-8-16(23)22-17-12(19)6-11(20)7-13(17)21/h5-7,9H,2-4,8H2,1H3,(H,22,23). The van der Waals surface area contributed by atoms with Gasteiger partial charge in [0.15, 0.2) is 12.4 Å².